The Kier molecular flexibility index (Phi) is 4.54. The quantitative estimate of drug-likeness (QED) is 0.694. The molecule has 3 heteroatoms. The number of hydrogen-bond donors (Lipinski definition) is 0. The second-order valence-corrected chi connectivity index (χ2v) is 4.81. The third-order valence-corrected chi connectivity index (χ3v) is 3.41. The summed E-state index contributed by atoms with van der Waals surface area (Å²) in [6.07, 6.45) is 2.54. The van der Waals surface area contributed by atoms with Crippen molar-refractivity contribution < 1.29 is 4.74 Å². The Labute approximate surface area is 83.4 Å². The highest BCUT2D eigenvalue weighted by Crippen LogP contribution is 2.18. The Balaban J connectivity index is 2.24. The largest absolute Gasteiger partial charge is 0.383 e. The van der Waals surface area contributed by atoms with Gasteiger partial charge in [0, 0.05) is 18.0 Å². The molecule has 0 saturated carbocycles. The van der Waals surface area contributed by atoms with Gasteiger partial charge in [0.05, 0.1) is 6.61 Å². The predicted octanol–water partition coefficient (Wildman–Crippen LogP) is 1.88. The summed E-state index contributed by atoms with van der Waals surface area (Å²) in [5, 5.41) is 0. The molecule has 1 fully saturated rings. The van der Waals surface area contributed by atoms with Gasteiger partial charge in [-0.1, -0.05) is 15.9 Å². The number of ether oxygens (including phenoxy) is 1. The summed E-state index contributed by atoms with van der Waals surface area (Å²) in [5.41, 5.74) is 0. The molecule has 1 aliphatic heterocycles. The Morgan fingerprint density at radius 2 is 2.08 bits per heavy atom. The predicted molar refractivity (Wildman–Crippen MR) is 54.9 cm³/mol. The molecular weight excluding hydrogens is 218 g/mol. The van der Waals surface area contributed by atoms with Crippen LogP contribution in [-0.2, 0) is 4.74 Å². The lowest BCUT2D eigenvalue weighted by molar-refractivity contribution is 0.0879. The summed E-state index contributed by atoms with van der Waals surface area (Å²) in [4.78, 5) is 3.24. The maximum Gasteiger partial charge on any atom is 0.0615 e. The first-order chi connectivity index (χ1) is 5.74. The summed E-state index contributed by atoms with van der Waals surface area (Å²) in [6.45, 7) is 5.51. The Morgan fingerprint density at radius 3 is 2.58 bits per heavy atom. The lowest BCUT2D eigenvalue weighted by atomic mass is 10.1. The van der Waals surface area contributed by atoms with Gasteiger partial charge in [-0.3, -0.25) is 4.90 Å². The number of piperidine rings is 1. The highest BCUT2D eigenvalue weighted by Gasteiger charge is 2.20. The third kappa shape index (κ3) is 3.04. The van der Waals surface area contributed by atoms with E-state index >= 15 is 0 Å². The number of alkyl halides is 1. The van der Waals surface area contributed by atoms with Crippen molar-refractivity contribution in [3.8, 4) is 0 Å². The van der Waals surface area contributed by atoms with E-state index in [4.69, 9.17) is 4.74 Å². The molecule has 0 amide bonds. The van der Waals surface area contributed by atoms with E-state index in [1.165, 1.54) is 25.9 Å². The Bertz CT molecular complexity index is 124. The maximum absolute atomic E-state index is 5.13. The van der Waals surface area contributed by atoms with Crippen molar-refractivity contribution in [2.24, 2.45) is 0 Å². The fourth-order valence-electron chi connectivity index (χ4n) is 1.66. The number of likely N-dealkylation sites (tertiary alicyclic amines) is 1. The van der Waals surface area contributed by atoms with Crippen molar-refractivity contribution in [3.63, 3.8) is 0 Å². The van der Waals surface area contributed by atoms with Crippen LogP contribution in [-0.4, -0.2) is 42.6 Å². The molecule has 0 aliphatic carbocycles. The monoisotopic (exact) mass is 235 g/mol. The van der Waals surface area contributed by atoms with Crippen LogP contribution in [0.15, 0.2) is 0 Å². The molecule has 1 atom stereocenters. The highest BCUT2D eigenvalue weighted by molar-refractivity contribution is 9.09. The lowest BCUT2D eigenvalue weighted by Gasteiger charge is -2.33. The van der Waals surface area contributed by atoms with Gasteiger partial charge in [0.1, 0.15) is 0 Å². The summed E-state index contributed by atoms with van der Waals surface area (Å²) < 4.78 is 5.13. The van der Waals surface area contributed by atoms with E-state index in [-0.39, 0.29) is 0 Å². The van der Waals surface area contributed by atoms with Crippen molar-refractivity contribution in [1.29, 1.82) is 0 Å². The third-order valence-electron chi connectivity index (χ3n) is 2.49. The molecule has 2 nitrogen and oxygen atoms in total. The molecule has 1 heterocycles. The van der Waals surface area contributed by atoms with Crippen LogP contribution in [0, 0.1) is 0 Å². The molecule has 12 heavy (non-hydrogen) atoms. The summed E-state index contributed by atoms with van der Waals surface area (Å²) in [7, 11) is 1.77. The van der Waals surface area contributed by atoms with Gasteiger partial charge in [-0.25, -0.2) is 0 Å². The van der Waals surface area contributed by atoms with Crippen molar-refractivity contribution >= 4 is 15.9 Å². The summed E-state index contributed by atoms with van der Waals surface area (Å²) >= 11 is 3.65. The van der Waals surface area contributed by atoms with Crippen molar-refractivity contribution in [1.82, 2.24) is 4.90 Å². The fourth-order valence-corrected chi connectivity index (χ4v) is 2.06. The van der Waals surface area contributed by atoms with Gasteiger partial charge in [-0.05, 0) is 32.9 Å². The number of rotatable bonds is 3. The normalized spacial score (nSPS) is 24.2. The van der Waals surface area contributed by atoms with Crippen molar-refractivity contribution in [3.05, 3.63) is 0 Å². The zero-order chi connectivity index (χ0) is 8.97. The molecule has 0 N–H and O–H groups in total. The molecular formula is C9H18BrNO. The van der Waals surface area contributed by atoms with Gasteiger partial charge in [-0.15, -0.1) is 0 Å². The van der Waals surface area contributed by atoms with Crippen LogP contribution in [0.5, 0.6) is 0 Å². The van der Waals surface area contributed by atoms with Crippen LogP contribution in [0.25, 0.3) is 0 Å². The lowest BCUT2D eigenvalue weighted by Crippen LogP contribution is -2.42. The molecule has 0 spiro atoms. The first kappa shape index (κ1) is 10.5. The molecule has 0 aromatic carbocycles. The molecule has 1 aliphatic rings. The number of hydrogen-bond acceptors (Lipinski definition) is 2. The number of methoxy groups -OCH3 is 1. The van der Waals surface area contributed by atoms with E-state index < -0.39 is 0 Å². The molecule has 72 valence electrons. The van der Waals surface area contributed by atoms with Gasteiger partial charge in [-0.2, -0.15) is 0 Å². The minimum Gasteiger partial charge on any atom is -0.383 e. The molecule has 1 unspecified atom stereocenters. The highest BCUT2D eigenvalue weighted by atomic mass is 79.9. The Hall–Kier alpha value is 0.400. The second kappa shape index (κ2) is 5.20. The molecule has 0 radical (unpaired) electrons. The van der Waals surface area contributed by atoms with Crippen LogP contribution in [0.3, 0.4) is 0 Å². The van der Waals surface area contributed by atoms with E-state index in [0.29, 0.717) is 6.04 Å². The molecule has 0 bridgehead atoms. The van der Waals surface area contributed by atoms with Crippen LogP contribution >= 0.6 is 15.9 Å². The summed E-state index contributed by atoms with van der Waals surface area (Å²) in [5.74, 6) is 0. The standard InChI is InChI=1S/C9H18BrNO/c1-8(7-12-2)11-5-3-9(10)4-6-11/h8-9H,3-7H2,1-2H3. The van der Waals surface area contributed by atoms with Crippen LogP contribution in [0.4, 0.5) is 0 Å². The first-order valence-corrected chi connectivity index (χ1v) is 5.52. The van der Waals surface area contributed by atoms with E-state index in [2.05, 4.69) is 27.8 Å². The van der Waals surface area contributed by atoms with Crippen molar-refractivity contribution in [2.75, 3.05) is 26.8 Å². The van der Waals surface area contributed by atoms with Gasteiger partial charge in [0.2, 0.25) is 0 Å². The zero-order valence-corrected chi connectivity index (χ0v) is 9.51. The molecule has 0 aromatic heterocycles. The molecule has 1 rings (SSSR count). The average molecular weight is 236 g/mol. The SMILES string of the molecule is COCC(C)N1CCC(Br)CC1. The minimum atomic E-state index is 0.579. The van der Waals surface area contributed by atoms with E-state index in [0.717, 1.165) is 11.4 Å². The van der Waals surface area contributed by atoms with Crippen molar-refractivity contribution in [2.45, 2.75) is 30.6 Å². The number of halogens is 1. The van der Waals surface area contributed by atoms with E-state index in [1.807, 2.05) is 0 Å². The fraction of sp³-hybridized carbons (Fsp3) is 1.00. The minimum absolute atomic E-state index is 0.579. The van der Waals surface area contributed by atoms with Crippen LogP contribution in [0.1, 0.15) is 19.8 Å². The smallest absolute Gasteiger partial charge is 0.0615 e. The van der Waals surface area contributed by atoms with E-state index in [9.17, 15) is 0 Å². The van der Waals surface area contributed by atoms with Gasteiger partial charge >= 0.3 is 0 Å². The molecule has 0 aromatic rings. The average Bonchev–Trinajstić information content (AvgIpc) is 2.06. The van der Waals surface area contributed by atoms with Crippen LogP contribution in [0.2, 0.25) is 0 Å². The second-order valence-electron chi connectivity index (χ2n) is 3.51. The first-order valence-electron chi connectivity index (χ1n) is 4.61. The van der Waals surface area contributed by atoms with Crippen LogP contribution < -0.4 is 0 Å². The Morgan fingerprint density at radius 1 is 1.50 bits per heavy atom. The van der Waals surface area contributed by atoms with Gasteiger partial charge in [0.25, 0.3) is 0 Å². The summed E-state index contributed by atoms with van der Waals surface area (Å²) in [6, 6.07) is 0.579. The molecule has 1 saturated heterocycles. The zero-order valence-electron chi connectivity index (χ0n) is 7.92. The number of nitrogens with zero attached hydrogens (tertiary/aromatic N) is 1. The van der Waals surface area contributed by atoms with Gasteiger partial charge in [0.15, 0.2) is 0 Å². The van der Waals surface area contributed by atoms with E-state index in [1.54, 1.807) is 7.11 Å². The van der Waals surface area contributed by atoms with Gasteiger partial charge < -0.3 is 4.74 Å². The topological polar surface area (TPSA) is 12.5 Å². The maximum atomic E-state index is 5.13.